The van der Waals surface area contributed by atoms with Crippen molar-refractivity contribution in [2.45, 2.75) is 40.0 Å². The lowest BCUT2D eigenvalue weighted by Crippen LogP contribution is -2.29. The van der Waals surface area contributed by atoms with E-state index in [-0.39, 0.29) is 5.41 Å². The summed E-state index contributed by atoms with van der Waals surface area (Å²) < 4.78 is 0. The Morgan fingerprint density at radius 3 is 2.00 bits per heavy atom. The number of likely N-dealkylation sites (N-methyl/N-ethyl adjacent to an activating group) is 1. The summed E-state index contributed by atoms with van der Waals surface area (Å²) >= 11 is 0. The maximum Gasteiger partial charge on any atom is 0.0301 e. The lowest BCUT2D eigenvalue weighted by Gasteiger charge is -2.30. The maximum atomic E-state index is 2.35. The largest absolute Gasteiger partial charge is 0.379 e. The van der Waals surface area contributed by atoms with Gasteiger partial charge in [-0.1, -0.05) is 19.1 Å². The minimum absolute atomic E-state index is 0.166. The van der Waals surface area contributed by atoms with E-state index < -0.39 is 0 Å². The van der Waals surface area contributed by atoms with Crippen LogP contribution in [0.3, 0.4) is 0 Å². The van der Waals surface area contributed by atoms with Gasteiger partial charge in [-0.25, -0.2) is 0 Å². The Balaban J connectivity index is 2.64. The smallest absolute Gasteiger partial charge is 0.0301 e. The van der Waals surface area contributed by atoms with Crippen LogP contribution in [0.4, 0.5) is 0 Å². The topological polar surface area (TPSA) is 3.24 Å². The molecule has 1 nitrogen and oxygen atoms in total. The predicted molar refractivity (Wildman–Crippen MR) is 74.5 cm³/mol. The van der Waals surface area contributed by atoms with Gasteiger partial charge in [-0.2, -0.15) is 0 Å². The van der Waals surface area contributed by atoms with Gasteiger partial charge in [0.15, 0.2) is 0 Å². The molecule has 1 aromatic rings. The molecule has 1 aromatic carbocycles. The van der Waals surface area contributed by atoms with Gasteiger partial charge in [0.05, 0.1) is 0 Å². The quantitative estimate of drug-likeness (QED) is 0.710. The van der Waals surface area contributed by atoms with E-state index in [1.54, 1.807) is 0 Å². The molecule has 0 amide bonds. The Morgan fingerprint density at radius 1 is 1.06 bits per heavy atom. The lowest BCUT2D eigenvalue weighted by molar-refractivity contribution is 0.412. The molecule has 0 fully saturated rings. The van der Waals surface area contributed by atoms with E-state index >= 15 is 0 Å². The van der Waals surface area contributed by atoms with Crippen molar-refractivity contribution in [2.75, 3.05) is 13.6 Å². The van der Waals surface area contributed by atoms with Gasteiger partial charge in [0.2, 0.25) is 0 Å². The van der Waals surface area contributed by atoms with Crippen LogP contribution < -0.4 is 0 Å². The SMILES string of the molecule is Cc1cc(C)c(C)c(C2(C)C=CN(C)C2)c1C. The molecule has 0 N–H and O–H groups in total. The molecule has 17 heavy (non-hydrogen) atoms. The summed E-state index contributed by atoms with van der Waals surface area (Å²) in [4.78, 5) is 2.27. The van der Waals surface area contributed by atoms with Crippen molar-refractivity contribution < 1.29 is 0 Å². The van der Waals surface area contributed by atoms with Gasteiger partial charge in [0.25, 0.3) is 0 Å². The van der Waals surface area contributed by atoms with E-state index in [0.717, 1.165) is 6.54 Å². The number of rotatable bonds is 1. The average molecular weight is 229 g/mol. The highest BCUT2D eigenvalue weighted by atomic mass is 15.1. The van der Waals surface area contributed by atoms with Crippen molar-refractivity contribution in [1.82, 2.24) is 4.90 Å². The molecule has 0 aromatic heterocycles. The van der Waals surface area contributed by atoms with Gasteiger partial charge in [-0.3, -0.25) is 0 Å². The lowest BCUT2D eigenvalue weighted by atomic mass is 9.76. The first-order chi connectivity index (χ1) is 7.85. The first-order valence-corrected chi connectivity index (χ1v) is 6.32. The highest BCUT2D eigenvalue weighted by Crippen LogP contribution is 2.37. The van der Waals surface area contributed by atoms with Crippen LogP contribution in [0.25, 0.3) is 0 Å². The van der Waals surface area contributed by atoms with Crippen LogP contribution in [0.1, 0.15) is 34.7 Å². The summed E-state index contributed by atoms with van der Waals surface area (Å²) in [5.41, 5.74) is 7.42. The molecular weight excluding hydrogens is 206 g/mol. The van der Waals surface area contributed by atoms with Crippen LogP contribution >= 0.6 is 0 Å². The minimum Gasteiger partial charge on any atom is -0.379 e. The molecule has 0 saturated heterocycles. The fourth-order valence-electron chi connectivity index (χ4n) is 3.15. The highest BCUT2D eigenvalue weighted by Gasteiger charge is 2.32. The zero-order chi connectivity index (χ0) is 12.8. The zero-order valence-electron chi connectivity index (χ0n) is 11.9. The van der Waals surface area contributed by atoms with Crippen LogP contribution in [0.2, 0.25) is 0 Å². The molecule has 1 heteroatoms. The van der Waals surface area contributed by atoms with Gasteiger partial charge in [0, 0.05) is 19.0 Å². The second-order valence-corrected chi connectivity index (χ2v) is 5.78. The first kappa shape index (κ1) is 12.2. The van der Waals surface area contributed by atoms with Crippen LogP contribution in [0.5, 0.6) is 0 Å². The number of hydrogen-bond acceptors (Lipinski definition) is 1. The van der Waals surface area contributed by atoms with Crippen LogP contribution in [0.15, 0.2) is 18.3 Å². The fourth-order valence-corrected chi connectivity index (χ4v) is 3.15. The molecule has 0 radical (unpaired) electrons. The summed E-state index contributed by atoms with van der Waals surface area (Å²) in [7, 11) is 2.15. The third kappa shape index (κ3) is 1.88. The molecular formula is C16H23N. The molecule has 0 spiro atoms. The number of nitrogens with zero attached hydrogens (tertiary/aromatic N) is 1. The van der Waals surface area contributed by atoms with Crippen molar-refractivity contribution in [1.29, 1.82) is 0 Å². The average Bonchev–Trinajstić information content (AvgIpc) is 2.57. The van der Waals surface area contributed by atoms with Crippen molar-refractivity contribution >= 4 is 0 Å². The van der Waals surface area contributed by atoms with E-state index in [1.807, 2.05) is 0 Å². The van der Waals surface area contributed by atoms with Gasteiger partial charge >= 0.3 is 0 Å². The fraction of sp³-hybridized carbons (Fsp3) is 0.500. The van der Waals surface area contributed by atoms with E-state index in [4.69, 9.17) is 0 Å². The molecule has 2 rings (SSSR count). The van der Waals surface area contributed by atoms with Crippen LogP contribution in [0, 0.1) is 27.7 Å². The molecule has 1 atom stereocenters. The Hall–Kier alpha value is -1.24. The molecule has 1 unspecified atom stereocenters. The Kier molecular flexibility index (Phi) is 2.81. The second-order valence-electron chi connectivity index (χ2n) is 5.78. The third-order valence-corrected chi connectivity index (χ3v) is 4.21. The Morgan fingerprint density at radius 2 is 1.59 bits per heavy atom. The summed E-state index contributed by atoms with van der Waals surface area (Å²) in [6.45, 7) is 12.4. The molecule has 1 aliphatic rings. The number of hydrogen-bond donors (Lipinski definition) is 0. The summed E-state index contributed by atoms with van der Waals surface area (Å²) in [6, 6.07) is 2.31. The van der Waals surface area contributed by atoms with Crippen molar-refractivity contribution in [3.63, 3.8) is 0 Å². The summed E-state index contributed by atoms with van der Waals surface area (Å²) in [6.07, 6.45) is 4.55. The Bertz CT molecular complexity index is 459. The second kappa shape index (κ2) is 3.90. The molecule has 1 heterocycles. The zero-order valence-corrected chi connectivity index (χ0v) is 11.9. The number of aryl methyl sites for hydroxylation is 2. The first-order valence-electron chi connectivity index (χ1n) is 6.32. The molecule has 0 aliphatic carbocycles. The summed E-state index contributed by atoms with van der Waals surface area (Å²) in [5, 5.41) is 0. The minimum atomic E-state index is 0.166. The highest BCUT2D eigenvalue weighted by molar-refractivity contribution is 5.50. The molecule has 0 saturated carbocycles. The number of benzene rings is 1. The molecule has 1 aliphatic heterocycles. The van der Waals surface area contributed by atoms with E-state index in [2.05, 4.69) is 64.9 Å². The monoisotopic (exact) mass is 229 g/mol. The van der Waals surface area contributed by atoms with Gasteiger partial charge < -0.3 is 4.90 Å². The van der Waals surface area contributed by atoms with Gasteiger partial charge in [0.1, 0.15) is 0 Å². The van der Waals surface area contributed by atoms with E-state index in [0.29, 0.717) is 0 Å². The van der Waals surface area contributed by atoms with Gasteiger partial charge in [-0.05, 0) is 61.7 Å². The van der Waals surface area contributed by atoms with Crippen molar-refractivity contribution in [3.8, 4) is 0 Å². The maximum absolute atomic E-state index is 2.35. The van der Waals surface area contributed by atoms with E-state index in [9.17, 15) is 0 Å². The standard InChI is InChI=1S/C16H23N/c1-11-9-12(2)14(4)15(13(11)3)16(5)7-8-17(6)10-16/h7-9H,10H2,1-6H3. The predicted octanol–water partition coefficient (Wildman–Crippen LogP) is 3.64. The Labute approximate surface area is 105 Å². The molecule has 0 bridgehead atoms. The van der Waals surface area contributed by atoms with Crippen molar-refractivity contribution in [2.24, 2.45) is 0 Å². The molecule has 92 valence electrons. The third-order valence-electron chi connectivity index (χ3n) is 4.21. The van der Waals surface area contributed by atoms with Crippen molar-refractivity contribution in [3.05, 3.63) is 46.2 Å². The van der Waals surface area contributed by atoms with E-state index in [1.165, 1.54) is 27.8 Å². The van der Waals surface area contributed by atoms with Crippen LogP contribution in [-0.4, -0.2) is 18.5 Å². The van der Waals surface area contributed by atoms with Crippen LogP contribution in [-0.2, 0) is 5.41 Å². The summed E-state index contributed by atoms with van der Waals surface area (Å²) in [5.74, 6) is 0. The van der Waals surface area contributed by atoms with Gasteiger partial charge in [-0.15, -0.1) is 0 Å². The normalized spacial score (nSPS) is 23.5.